The van der Waals surface area contributed by atoms with Gasteiger partial charge in [-0.3, -0.25) is 4.79 Å². The molecular formula is C11H17N5OS. The fourth-order valence-corrected chi connectivity index (χ4v) is 2.55. The molecule has 0 aliphatic carbocycles. The number of nitrogens with two attached hydrogens (primary N) is 2. The normalized spacial score (nSPS) is 19.8. The molecule has 1 aromatic heterocycles. The van der Waals surface area contributed by atoms with Crippen molar-refractivity contribution >= 4 is 29.3 Å². The van der Waals surface area contributed by atoms with Crippen molar-refractivity contribution in [1.29, 1.82) is 0 Å². The Bertz CT molecular complexity index is 453. The van der Waals surface area contributed by atoms with Gasteiger partial charge in [0.25, 0.3) is 0 Å². The Hall–Kier alpha value is -1.50. The van der Waals surface area contributed by atoms with Crippen molar-refractivity contribution in [2.24, 2.45) is 5.73 Å². The minimum absolute atomic E-state index is 0.289. The molecule has 1 unspecified atom stereocenters. The summed E-state index contributed by atoms with van der Waals surface area (Å²) in [7, 11) is 0. The van der Waals surface area contributed by atoms with E-state index in [1.165, 1.54) is 11.8 Å². The van der Waals surface area contributed by atoms with Gasteiger partial charge in [-0.25, -0.2) is 9.97 Å². The van der Waals surface area contributed by atoms with Gasteiger partial charge in [0.2, 0.25) is 5.91 Å². The topological polar surface area (TPSA) is 98.1 Å². The van der Waals surface area contributed by atoms with Crippen LogP contribution in [0.1, 0.15) is 19.3 Å². The summed E-state index contributed by atoms with van der Waals surface area (Å²) in [5.74, 6) is 0.797. The van der Waals surface area contributed by atoms with Crippen molar-refractivity contribution < 1.29 is 4.79 Å². The largest absolute Gasteiger partial charge is 0.383 e. The van der Waals surface area contributed by atoms with Crippen LogP contribution in [0.5, 0.6) is 0 Å². The van der Waals surface area contributed by atoms with E-state index in [1.54, 1.807) is 6.07 Å². The summed E-state index contributed by atoms with van der Waals surface area (Å²) in [6.07, 6.45) is 4.70. The number of nitrogens with zero attached hydrogens (tertiary/aromatic N) is 3. The lowest BCUT2D eigenvalue weighted by Crippen LogP contribution is -2.48. The van der Waals surface area contributed by atoms with E-state index in [2.05, 4.69) is 9.97 Å². The highest BCUT2D eigenvalue weighted by molar-refractivity contribution is 7.98. The zero-order valence-electron chi connectivity index (χ0n) is 10.3. The first-order valence-electron chi connectivity index (χ1n) is 5.86. The average Bonchev–Trinajstić information content (AvgIpc) is 2.38. The number of hydrogen-bond acceptors (Lipinski definition) is 6. The maximum Gasteiger partial charge on any atom is 0.240 e. The van der Waals surface area contributed by atoms with E-state index in [-0.39, 0.29) is 11.9 Å². The summed E-state index contributed by atoms with van der Waals surface area (Å²) in [5, 5.41) is 0.610. The summed E-state index contributed by atoms with van der Waals surface area (Å²) in [4.78, 5) is 21.9. The third-order valence-corrected chi connectivity index (χ3v) is 3.57. The molecule has 1 atom stereocenters. The molecule has 0 bridgehead atoms. The predicted octanol–water partition coefficient (Wildman–Crippen LogP) is 0.625. The molecule has 6 nitrogen and oxygen atoms in total. The number of piperidine rings is 1. The van der Waals surface area contributed by atoms with Crippen LogP contribution in [0.3, 0.4) is 0 Å². The summed E-state index contributed by atoms with van der Waals surface area (Å²) in [6.45, 7) is 0.776. The maximum atomic E-state index is 11.5. The van der Waals surface area contributed by atoms with Crippen LogP contribution in [0.15, 0.2) is 11.2 Å². The van der Waals surface area contributed by atoms with Crippen molar-refractivity contribution in [2.75, 3.05) is 23.4 Å². The van der Waals surface area contributed by atoms with Gasteiger partial charge in [-0.1, -0.05) is 11.8 Å². The molecular weight excluding hydrogens is 250 g/mol. The van der Waals surface area contributed by atoms with Gasteiger partial charge in [0.05, 0.1) is 0 Å². The Morgan fingerprint density at radius 3 is 2.94 bits per heavy atom. The molecule has 1 aliphatic rings. The molecule has 0 saturated carbocycles. The average molecular weight is 267 g/mol. The number of anilines is 2. The quantitative estimate of drug-likeness (QED) is 0.615. The molecule has 7 heteroatoms. The third kappa shape index (κ3) is 2.66. The van der Waals surface area contributed by atoms with E-state index in [0.717, 1.165) is 25.8 Å². The van der Waals surface area contributed by atoms with Gasteiger partial charge in [-0.05, 0) is 25.5 Å². The lowest BCUT2D eigenvalue weighted by molar-refractivity contribution is -0.119. The molecule has 0 radical (unpaired) electrons. The lowest BCUT2D eigenvalue weighted by Gasteiger charge is -2.34. The molecule has 1 aliphatic heterocycles. The SMILES string of the molecule is CSc1nc(N)cc(N2CCCCC2C(N)=O)n1. The number of carbonyl (C=O) groups excluding carboxylic acids is 1. The first-order valence-corrected chi connectivity index (χ1v) is 7.09. The van der Waals surface area contributed by atoms with Crippen LogP contribution in [0.2, 0.25) is 0 Å². The van der Waals surface area contributed by atoms with Crippen LogP contribution in [0.4, 0.5) is 11.6 Å². The second kappa shape index (κ2) is 5.43. The number of hydrogen-bond donors (Lipinski definition) is 2. The Morgan fingerprint density at radius 2 is 2.28 bits per heavy atom. The van der Waals surface area contributed by atoms with Crippen molar-refractivity contribution in [3.05, 3.63) is 6.07 Å². The highest BCUT2D eigenvalue weighted by Gasteiger charge is 2.28. The third-order valence-electron chi connectivity index (χ3n) is 3.02. The zero-order chi connectivity index (χ0) is 13.1. The summed E-state index contributed by atoms with van der Waals surface area (Å²) in [6, 6.07) is 1.41. The fourth-order valence-electron chi connectivity index (χ4n) is 2.17. The molecule has 0 spiro atoms. The van der Waals surface area contributed by atoms with Gasteiger partial charge >= 0.3 is 0 Å². The minimum atomic E-state index is -0.308. The lowest BCUT2D eigenvalue weighted by atomic mass is 10.0. The van der Waals surface area contributed by atoms with E-state index >= 15 is 0 Å². The second-order valence-corrected chi connectivity index (χ2v) is 5.02. The fraction of sp³-hybridized carbons (Fsp3) is 0.545. The number of thioether (sulfide) groups is 1. The molecule has 2 heterocycles. The molecule has 1 amide bonds. The van der Waals surface area contributed by atoms with Crippen molar-refractivity contribution in [2.45, 2.75) is 30.5 Å². The molecule has 1 aromatic rings. The summed E-state index contributed by atoms with van der Waals surface area (Å²) < 4.78 is 0. The molecule has 2 rings (SSSR count). The van der Waals surface area contributed by atoms with Crippen molar-refractivity contribution in [1.82, 2.24) is 9.97 Å². The first-order chi connectivity index (χ1) is 8.61. The number of aromatic nitrogens is 2. The number of primary amides is 1. The van der Waals surface area contributed by atoms with Crippen LogP contribution in [0.25, 0.3) is 0 Å². The van der Waals surface area contributed by atoms with E-state index in [4.69, 9.17) is 11.5 Å². The van der Waals surface area contributed by atoms with Crippen molar-refractivity contribution in [3.8, 4) is 0 Å². The molecule has 1 saturated heterocycles. The minimum Gasteiger partial charge on any atom is -0.383 e. The Labute approximate surface area is 110 Å². The summed E-state index contributed by atoms with van der Waals surface area (Å²) >= 11 is 1.43. The molecule has 18 heavy (non-hydrogen) atoms. The Kier molecular flexibility index (Phi) is 3.90. The van der Waals surface area contributed by atoms with E-state index in [9.17, 15) is 4.79 Å². The zero-order valence-corrected chi connectivity index (χ0v) is 11.1. The van der Waals surface area contributed by atoms with Gasteiger partial charge in [-0.15, -0.1) is 0 Å². The van der Waals surface area contributed by atoms with Gasteiger partial charge in [0, 0.05) is 12.6 Å². The van der Waals surface area contributed by atoms with Crippen molar-refractivity contribution in [3.63, 3.8) is 0 Å². The molecule has 4 N–H and O–H groups in total. The second-order valence-electron chi connectivity index (χ2n) is 4.25. The molecule has 98 valence electrons. The number of carbonyl (C=O) groups is 1. The standard InChI is InChI=1S/C11H17N5OS/c1-18-11-14-8(12)6-9(15-11)16-5-3-2-4-7(16)10(13)17/h6-7H,2-5H2,1H3,(H2,13,17)(H2,12,14,15). The van der Waals surface area contributed by atoms with E-state index in [0.29, 0.717) is 16.8 Å². The smallest absolute Gasteiger partial charge is 0.240 e. The maximum absolute atomic E-state index is 11.5. The van der Waals surface area contributed by atoms with Crippen LogP contribution < -0.4 is 16.4 Å². The van der Waals surface area contributed by atoms with Crippen LogP contribution in [-0.4, -0.2) is 34.7 Å². The van der Waals surface area contributed by atoms with Gasteiger partial charge < -0.3 is 16.4 Å². The van der Waals surface area contributed by atoms with Gasteiger partial charge in [0.1, 0.15) is 17.7 Å². The summed E-state index contributed by atoms with van der Waals surface area (Å²) in [5.41, 5.74) is 11.2. The van der Waals surface area contributed by atoms with Crippen LogP contribution in [0, 0.1) is 0 Å². The van der Waals surface area contributed by atoms with E-state index in [1.807, 2.05) is 11.2 Å². The van der Waals surface area contributed by atoms with Gasteiger partial charge in [-0.2, -0.15) is 0 Å². The monoisotopic (exact) mass is 267 g/mol. The van der Waals surface area contributed by atoms with Crippen LogP contribution in [-0.2, 0) is 4.79 Å². The number of amides is 1. The number of rotatable bonds is 3. The highest BCUT2D eigenvalue weighted by atomic mass is 32.2. The number of nitrogen functional groups attached to an aromatic ring is 1. The Balaban J connectivity index is 2.33. The van der Waals surface area contributed by atoms with E-state index < -0.39 is 0 Å². The molecule has 0 aromatic carbocycles. The van der Waals surface area contributed by atoms with Gasteiger partial charge in [0.15, 0.2) is 5.16 Å². The Morgan fingerprint density at radius 1 is 1.50 bits per heavy atom. The predicted molar refractivity (Wildman–Crippen MR) is 72.4 cm³/mol. The van der Waals surface area contributed by atoms with Crippen LogP contribution >= 0.6 is 11.8 Å². The highest BCUT2D eigenvalue weighted by Crippen LogP contribution is 2.25. The molecule has 1 fully saturated rings. The first kappa shape index (κ1) is 12.9.